The molecule has 2 aromatic rings. The van der Waals surface area contributed by atoms with E-state index in [4.69, 9.17) is 0 Å². The van der Waals surface area contributed by atoms with E-state index < -0.39 is 11.7 Å². The Morgan fingerprint density at radius 3 is 2.36 bits per heavy atom. The highest BCUT2D eigenvalue weighted by Gasteiger charge is 2.30. The van der Waals surface area contributed by atoms with Crippen LogP contribution in [0.4, 0.5) is 13.2 Å². The highest BCUT2D eigenvalue weighted by Crippen LogP contribution is 2.31. The average molecular weight is 311 g/mol. The van der Waals surface area contributed by atoms with Crippen LogP contribution in [0.15, 0.2) is 24.3 Å². The summed E-state index contributed by atoms with van der Waals surface area (Å²) in [6, 6.07) is 4.65. The van der Waals surface area contributed by atoms with E-state index >= 15 is 0 Å². The van der Waals surface area contributed by atoms with Gasteiger partial charge in [0.2, 0.25) is 0 Å². The standard InChI is InChI=1S/C15H16F3N3O/c1-10(2)7-8-21-14(13(9-22)19-20-21)11-3-5-12(6-4-11)15(16,17)18/h3-6,9-10H,7-8H2,1-2H3. The molecule has 0 bridgehead atoms. The molecule has 0 atom stereocenters. The summed E-state index contributed by atoms with van der Waals surface area (Å²) in [6.07, 6.45) is -3.00. The number of carbonyl (C=O) groups is 1. The van der Waals surface area contributed by atoms with Crippen LogP contribution in [0, 0.1) is 5.92 Å². The van der Waals surface area contributed by atoms with Gasteiger partial charge in [-0.15, -0.1) is 5.10 Å². The summed E-state index contributed by atoms with van der Waals surface area (Å²) in [4.78, 5) is 11.1. The van der Waals surface area contributed by atoms with Crippen LogP contribution in [0.5, 0.6) is 0 Å². The molecule has 0 fully saturated rings. The zero-order valence-corrected chi connectivity index (χ0v) is 12.3. The van der Waals surface area contributed by atoms with E-state index in [0.717, 1.165) is 18.6 Å². The second kappa shape index (κ2) is 6.29. The molecule has 0 aliphatic heterocycles. The summed E-state index contributed by atoms with van der Waals surface area (Å²) in [6.45, 7) is 4.65. The minimum Gasteiger partial charge on any atom is -0.296 e. The Labute approximate surface area is 125 Å². The monoisotopic (exact) mass is 311 g/mol. The first-order valence-corrected chi connectivity index (χ1v) is 6.89. The largest absolute Gasteiger partial charge is 0.416 e. The smallest absolute Gasteiger partial charge is 0.296 e. The van der Waals surface area contributed by atoms with Crippen molar-refractivity contribution in [3.63, 3.8) is 0 Å². The van der Waals surface area contributed by atoms with Crippen LogP contribution in [-0.2, 0) is 12.7 Å². The Morgan fingerprint density at radius 2 is 1.86 bits per heavy atom. The lowest BCUT2D eigenvalue weighted by Gasteiger charge is -2.10. The zero-order valence-electron chi connectivity index (χ0n) is 12.3. The number of aldehydes is 1. The van der Waals surface area contributed by atoms with Crippen molar-refractivity contribution in [3.8, 4) is 11.3 Å². The van der Waals surface area contributed by atoms with Gasteiger partial charge >= 0.3 is 6.18 Å². The molecule has 0 N–H and O–H groups in total. The molecule has 2 rings (SSSR count). The first-order valence-electron chi connectivity index (χ1n) is 6.89. The fourth-order valence-corrected chi connectivity index (χ4v) is 2.06. The highest BCUT2D eigenvalue weighted by atomic mass is 19.4. The molecule has 0 unspecified atom stereocenters. The maximum atomic E-state index is 12.6. The first kappa shape index (κ1) is 16.2. The predicted molar refractivity (Wildman–Crippen MR) is 75.3 cm³/mol. The molecular formula is C15H16F3N3O. The van der Waals surface area contributed by atoms with Gasteiger partial charge in [-0.2, -0.15) is 13.2 Å². The number of halogens is 3. The normalized spacial score (nSPS) is 11.9. The predicted octanol–water partition coefficient (Wildman–Crippen LogP) is 3.82. The Morgan fingerprint density at radius 1 is 1.23 bits per heavy atom. The fraction of sp³-hybridized carbons (Fsp3) is 0.400. The van der Waals surface area contributed by atoms with Gasteiger partial charge in [0.25, 0.3) is 0 Å². The summed E-state index contributed by atoms with van der Waals surface area (Å²) in [7, 11) is 0. The number of aromatic nitrogens is 3. The van der Waals surface area contributed by atoms with E-state index in [1.165, 1.54) is 12.1 Å². The third-order valence-electron chi connectivity index (χ3n) is 3.28. The van der Waals surface area contributed by atoms with Gasteiger partial charge in [-0.25, -0.2) is 4.68 Å². The summed E-state index contributed by atoms with van der Waals surface area (Å²) in [5.41, 5.74) is 0.335. The fourth-order valence-electron chi connectivity index (χ4n) is 2.06. The van der Waals surface area contributed by atoms with Crippen molar-refractivity contribution in [1.29, 1.82) is 0 Å². The second-order valence-electron chi connectivity index (χ2n) is 5.42. The molecule has 0 aliphatic carbocycles. The maximum absolute atomic E-state index is 12.6. The molecule has 0 radical (unpaired) electrons. The van der Waals surface area contributed by atoms with Gasteiger partial charge in [0, 0.05) is 12.1 Å². The average Bonchev–Trinajstić information content (AvgIpc) is 2.87. The Bertz CT molecular complexity index is 645. The number of carbonyl (C=O) groups excluding carboxylic acids is 1. The van der Waals surface area contributed by atoms with Crippen molar-refractivity contribution < 1.29 is 18.0 Å². The van der Waals surface area contributed by atoms with Gasteiger partial charge in [0.05, 0.1) is 11.3 Å². The lowest BCUT2D eigenvalue weighted by molar-refractivity contribution is -0.137. The number of benzene rings is 1. The number of alkyl halides is 3. The van der Waals surface area contributed by atoms with Gasteiger partial charge < -0.3 is 0 Å². The third kappa shape index (κ3) is 3.52. The lowest BCUT2D eigenvalue weighted by atomic mass is 10.1. The molecule has 22 heavy (non-hydrogen) atoms. The quantitative estimate of drug-likeness (QED) is 0.789. The Kier molecular flexibility index (Phi) is 4.63. The first-order chi connectivity index (χ1) is 10.3. The molecule has 1 aromatic heterocycles. The number of hydrogen-bond donors (Lipinski definition) is 0. The molecule has 0 spiro atoms. The zero-order chi connectivity index (χ0) is 16.3. The van der Waals surface area contributed by atoms with Crippen molar-refractivity contribution in [2.45, 2.75) is 33.0 Å². The van der Waals surface area contributed by atoms with Gasteiger partial charge in [-0.1, -0.05) is 31.2 Å². The van der Waals surface area contributed by atoms with Crippen LogP contribution in [0.1, 0.15) is 36.3 Å². The maximum Gasteiger partial charge on any atom is 0.416 e. The molecule has 0 amide bonds. The van der Waals surface area contributed by atoms with Crippen LogP contribution < -0.4 is 0 Å². The van der Waals surface area contributed by atoms with Crippen LogP contribution in [0.3, 0.4) is 0 Å². The van der Waals surface area contributed by atoms with Crippen molar-refractivity contribution in [2.75, 3.05) is 0 Å². The van der Waals surface area contributed by atoms with Gasteiger partial charge in [0.15, 0.2) is 12.0 Å². The van der Waals surface area contributed by atoms with Crippen molar-refractivity contribution in [2.24, 2.45) is 5.92 Å². The molecule has 0 saturated heterocycles. The van der Waals surface area contributed by atoms with E-state index in [-0.39, 0.29) is 5.69 Å². The molecule has 4 nitrogen and oxygen atoms in total. The molecule has 1 aromatic carbocycles. The number of aryl methyl sites for hydroxylation is 1. The minimum absolute atomic E-state index is 0.128. The SMILES string of the molecule is CC(C)CCn1nnc(C=O)c1-c1ccc(C(F)(F)F)cc1. The number of nitrogens with zero attached hydrogens (tertiary/aromatic N) is 3. The topological polar surface area (TPSA) is 47.8 Å². The Balaban J connectivity index is 2.38. The highest BCUT2D eigenvalue weighted by molar-refractivity contribution is 5.83. The molecular weight excluding hydrogens is 295 g/mol. The van der Waals surface area contributed by atoms with Crippen LogP contribution >= 0.6 is 0 Å². The van der Waals surface area contributed by atoms with Crippen molar-refractivity contribution in [1.82, 2.24) is 15.0 Å². The molecule has 1 heterocycles. The van der Waals surface area contributed by atoms with E-state index in [1.54, 1.807) is 4.68 Å². The minimum atomic E-state index is -4.39. The van der Waals surface area contributed by atoms with Gasteiger partial charge in [-0.3, -0.25) is 4.79 Å². The van der Waals surface area contributed by atoms with E-state index in [1.807, 2.05) is 0 Å². The van der Waals surface area contributed by atoms with Crippen molar-refractivity contribution in [3.05, 3.63) is 35.5 Å². The number of hydrogen-bond acceptors (Lipinski definition) is 3. The third-order valence-corrected chi connectivity index (χ3v) is 3.28. The van der Waals surface area contributed by atoms with Crippen LogP contribution in [0.2, 0.25) is 0 Å². The summed E-state index contributed by atoms with van der Waals surface area (Å²) >= 11 is 0. The molecule has 118 valence electrons. The summed E-state index contributed by atoms with van der Waals surface area (Å²) in [5.74, 6) is 0.435. The van der Waals surface area contributed by atoms with E-state index in [0.29, 0.717) is 30.0 Å². The van der Waals surface area contributed by atoms with E-state index in [2.05, 4.69) is 24.2 Å². The summed E-state index contributed by atoms with van der Waals surface area (Å²) in [5, 5.41) is 7.70. The summed E-state index contributed by atoms with van der Waals surface area (Å²) < 4.78 is 39.4. The Hall–Kier alpha value is -2.18. The second-order valence-corrected chi connectivity index (χ2v) is 5.42. The van der Waals surface area contributed by atoms with Crippen LogP contribution in [0.25, 0.3) is 11.3 Å². The van der Waals surface area contributed by atoms with Crippen molar-refractivity contribution >= 4 is 6.29 Å². The number of rotatable bonds is 5. The molecule has 0 aliphatic rings. The lowest BCUT2D eigenvalue weighted by Crippen LogP contribution is -2.07. The molecule has 7 heteroatoms. The van der Waals surface area contributed by atoms with Gasteiger partial charge in [0.1, 0.15) is 0 Å². The van der Waals surface area contributed by atoms with E-state index in [9.17, 15) is 18.0 Å². The van der Waals surface area contributed by atoms with Gasteiger partial charge in [-0.05, 0) is 24.5 Å². The molecule has 0 saturated carbocycles. The van der Waals surface area contributed by atoms with Crippen LogP contribution in [-0.4, -0.2) is 21.3 Å².